The first kappa shape index (κ1) is 26.7. The summed E-state index contributed by atoms with van der Waals surface area (Å²) in [7, 11) is 1.94. The van der Waals surface area contributed by atoms with Gasteiger partial charge >= 0.3 is 0 Å². The van der Waals surface area contributed by atoms with E-state index < -0.39 is 0 Å². The van der Waals surface area contributed by atoms with Crippen molar-refractivity contribution in [2.45, 2.75) is 101 Å². The van der Waals surface area contributed by atoms with Crippen LogP contribution in [0.3, 0.4) is 0 Å². The first-order valence-corrected chi connectivity index (χ1v) is 14.4. The fourth-order valence-corrected chi connectivity index (χ4v) is 6.13. The van der Waals surface area contributed by atoms with Crippen molar-refractivity contribution in [2.24, 2.45) is 7.05 Å². The monoisotopic (exact) mass is 511 g/mol. The molecule has 2 aliphatic rings. The molecule has 2 amide bonds. The summed E-state index contributed by atoms with van der Waals surface area (Å²) < 4.78 is 1.94. The molecule has 0 spiro atoms. The van der Waals surface area contributed by atoms with Crippen molar-refractivity contribution in [3.63, 3.8) is 0 Å². The second-order valence-corrected chi connectivity index (χ2v) is 12.3. The minimum absolute atomic E-state index is 0.00442. The van der Waals surface area contributed by atoms with Crippen LogP contribution in [-0.4, -0.2) is 55.9 Å². The van der Waals surface area contributed by atoms with Crippen molar-refractivity contribution < 1.29 is 9.59 Å². The molecule has 2 aliphatic carbocycles. The molecule has 2 fully saturated rings. The predicted molar refractivity (Wildman–Crippen MR) is 145 cm³/mol. The number of carbonyl (C=O) groups excluding carboxylic acids is 2. The van der Waals surface area contributed by atoms with Crippen LogP contribution in [0.25, 0.3) is 11.4 Å². The number of carbonyl (C=O) groups is 2. The third kappa shape index (κ3) is 6.69. The van der Waals surface area contributed by atoms with Gasteiger partial charge in [-0.25, -0.2) is 0 Å². The standard InChI is InChI=1S/C28H41N5O2S/c1-28(2,3)21-16-14-20(15-17-21)26-30-31-27(32(26)4)36-19-25(35)33(23-12-8-9-13-23)18-24(34)29-22-10-6-5-7-11-22/h14-17,22-23H,5-13,18-19H2,1-4H3,(H,29,34). The largest absolute Gasteiger partial charge is 0.352 e. The fourth-order valence-electron chi connectivity index (χ4n) is 5.33. The van der Waals surface area contributed by atoms with Gasteiger partial charge in [0.1, 0.15) is 0 Å². The summed E-state index contributed by atoms with van der Waals surface area (Å²) in [4.78, 5) is 28.0. The molecule has 0 aliphatic heterocycles. The smallest absolute Gasteiger partial charge is 0.239 e. The predicted octanol–water partition coefficient (Wildman–Crippen LogP) is 5.09. The van der Waals surface area contributed by atoms with Gasteiger partial charge in [0.2, 0.25) is 11.8 Å². The molecule has 1 N–H and O–H groups in total. The lowest BCUT2D eigenvalue weighted by molar-refractivity contribution is -0.136. The Bertz CT molecular complexity index is 1030. The van der Waals surface area contributed by atoms with Gasteiger partial charge in [-0.05, 0) is 36.7 Å². The van der Waals surface area contributed by atoms with E-state index >= 15 is 0 Å². The molecule has 2 aromatic rings. The van der Waals surface area contributed by atoms with Gasteiger partial charge in [0.25, 0.3) is 0 Å². The van der Waals surface area contributed by atoms with Gasteiger partial charge in [-0.2, -0.15) is 0 Å². The van der Waals surface area contributed by atoms with E-state index in [1.165, 1.54) is 36.6 Å². The highest BCUT2D eigenvalue weighted by atomic mass is 32.2. The molecule has 0 radical (unpaired) electrons. The van der Waals surface area contributed by atoms with Crippen molar-refractivity contribution >= 4 is 23.6 Å². The third-order valence-corrected chi connectivity index (χ3v) is 8.54. The highest BCUT2D eigenvalue weighted by molar-refractivity contribution is 7.99. The summed E-state index contributed by atoms with van der Waals surface area (Å²) in [5, 5.41) is 12.6. The van der Waals surface area contributed by atoms with Crippen LogP contribution >= 0.6 is 11.8 Å². The molecule has 7 nitrogen and oxygen atoms in total. The average molecular weight is 512 g/mol. The number of rotatable bonds is 8. The Morgan fingerprint density at radius 2 is 1.64 bits per heavy atom. The Labute approximate surface area is 219 Å². The molecule has 0 unspecified atom stereocenters. The van der Waals surface area contributed by atoms with Gasteiger partial charge in [-0.3, -0.25) is 9.59 Å². The number of nitrogens with one attached hydrogen (secondary N) is 1. The van der Waals surface area contributed by atoms with Crippen molar-refractivity contribution in [3.8, 4) is 11.4 Å². The van der Waals surface area contributed by atoms with Crippen LogP contribution in [0.5, 0.6) is 0 Å². The molecule has 36 heavy (non-hydrogen) atoms. The molecule has 0 saturated heterocycles. The van der Waals surface area contributed by atoms with Crippen LogP contribution in [-0.2, 0) is 22.1 Å². The number of thioether (sulfide) groups is 1. The maximum atomic E-state index is 13.3. The summed E-state index contributed by atoms with van der Waals surface area (Å²) in [5.74, 6) is 1.02. The van der Waals surface area contributed by atoms with Crippen LogP contribution in [0.2, 0.25) is 0 Å². The Morgan fingerprint density at radius 1 is 1.00 bits per heavy atom. The van der Waals surface area contributed by atoms with Crippen LogP contribution in [0.15, 0.2) is 29.4 Å². The second-order valence-electron chi connectivity index (χ2n) is 11.3. The fraction of sp³-hybridized carbons (Fsp3) is 0.643. The normalized spacial score (nSPS) is 17.3. The molecule has 196 valence electrons. The van der Waals surface area contributed by atoms with Crippen molar-refractivity contribution in [1.29, 1.82) is 0 Å². The molecular weight excluding hydrogens is 470 g/mol. The second kappa shape index (κ2) is 11.8. The van der Waals surface area contributed by atoms with E-state index in [9.17, 15) is 9.59 Å². The molecule has 0 atom stereocenters. The Balaban J connectivity index is 1.38. The Hall–Kier alpha value is -2.35. The lowest BCUT2D eigenvalue weighted by Gasteiger charge is -2.30. The van der Waals surface area contributed by atoms with Gasteiger partial charge in [0, 0.05) is 24.7 Å². The molecule has 4 rings (SSSR count). The first-order chi connectivity index (χ1) is 17.2. The van der Waals surface area contributed by atoms with Crippen molar-refractivity contribution in [2.75, 3.05) is 12.3 Å². The molecule has 0 bridgehead atoms. The van der Waals surface area contributed by atoms with E-state index in [0.29, 0.717) is 5.16 Å². The SMILES string of the molecule is Cn1c(SCC(=O)N(CC(=O)NC2CCCCC2)C2CCCC2)nnc1-c1ccc(C(C)(C)C)cc1. The number of nitrogens with zero attached hydrogens (tertiary/aromatic N) is 4. The van der Waals surface area contributed by atoms with E-state index in [-0.39, 0.29) is 41.6 Å². The summed E-state index contributed by atoms with van der Waals surface area (Å²) >= 11 is 1.39. The number of hydrogen-bond donors (Lipinski definition) is 1. The van der Waals surface area contributed by atoms with Crippen molar-refractivity contribution in [3.05, 3.63) is 29.8 Å². The zero-order chi connectivity index (χ0) is 25.7. The van der Waals surface area contributed by atoms with Crippen LogP contribution < -0.4 is 5.32 Å². The first-order valence-electron chi connectivity index (χ1n) is 13.4. The highest BCUT2D eigenvalue weighted by Gasteiger charge is 2.29. The minimum Gasteiger partial charge on any atom is -0.352 e. The maximum Gasteiger partial charge on any atom is 0.239 e. The van der Waals surface area contributed by atoms with E-state index in [1.54, 1.807) is 0 Å². The molecule has 1 aromatic heterocycles. The van der Waals surface area contributed by atoms with Gasteiger partial charge in [-0.1, -0.05) is 88.9 Å². The molecule has 2 saturated carbocycles. The number of hydrogen-bond acceptors (Lipinski definition) is 5. The zero-order valence-electron chi connectivity index (χ0n) is 22.3. The molecular formula is C28H41N5O2S. The minimum atomic E-state index is -0.0215. The lowest BCUT2D eigenvalue weighted by atomic mass is 9.87. The van der Waals surface area contributed by atoms with Gasteiger partial charge < -0.3 is 14.8 Å². The van der Waals surface area contributed by atoms with E-state index in [4.69, 9.17) is 0 Å². The van der Waals surface area contributed by atoms with Crippen LogP contribution in [0.4, 0.5) is 0 Å². The van der Waals surface area contributed by atoms with Gasteiger partial charge in [0.15, 0.2) is 11.0 Å². The van der Waals surface area contributed by atoms with Crippen LogP contribution in [0.1, 0.15) is 84.1 Å². The molecule has 8 heteroatoms. The zero-order valence-corrected chi connectivity index (χ0v) is 23.1. The summed E-state index contributed by atoms with van der Waals surface area (Å²) in [6.07, 6.45) is 9.89. The van der Waals surface area contributed by atoms with Crippen molar-refractivity contribution in [1.82, 2.24) is 25.0 Å². The van der Waals surface area contributed by atoms with E-state index in [2.05, 4.69) is 60.6 Å². The lowest BCUT2D eigenvalue weighted by Crippen LogP contribution is -2.48. The van der Waals surface area contributed by atoms with Crippen LogP contribution in [0, 0.1) is 0 Å². The molecule has 1 aromatic carbocycles. The summed E-state index contributed by atoms with van der Waals surface area (Å²) in [6.45, 7) is 6.75. The van der Waals surface area contributed by atoms with E-state index in [0.717, 1.165) is 49.9 Å². The molecule has 1 heterocycles. The number of aromatic nitrogens is 3. The number of benzene rings is 1. The Morgan fingerprint density at radius 3 is 2.28 bits per heavy atom. The quantitative estimate of drug-likeness (QED) is 0.499. The van der Waals surface area contributed by atoms with E-state index in [1.807, 2.05) is 16.5 Å². The summed E-state index contributed by atoms with van der Waals surface area (Å²) in [5.41, 5.74) is 2.37. The number of amides is 2. The topological polar surface area (TPSA) is 80.1 Å². The summed E-state index contributed by atoms with van der Waals surface area (Å²) in [6, 6.07) is 8.85. The van der Waals surface area contributed by atoms with Gasteiger partial charge in [-0.15, -0.1) is 10.2 Å². The highest BCUT2D eigenvalue weighted by Crippen LogP contribution is 2.28. The average Bonchev–Trinajstić information content (AvgIpc) is 3.51. The third-order valence-electron chi connectivity index (χ3n) is 7.54. The maximum absolute atomic E-state index is 13.3. The Kier molecular flexibility index (Phi) is 8.75. The van der Waals surface area contributed by atoms with Gasteiger partial charge in [0.05, 0.1) is 12.3 Å².